The minimum absolute atomic E-state index is 0.00802. The van der Waals surface area contributed by atoms with Gasteiger partial charge in [0.2, 0.25) is 5.91 Å². The molecular formula is C24H29ClN4O3. The Labute approximate surface area is 193 Å². The maximum atomic E-state index is 12.9. The highest BCUT2D eigenvalue weighted by molar-refractivity contribution is 6.31. The molecule has 32 heavy (non-hydrogen) atoms. The number of anilines is 1. The quantitative estimate of drug-likeness (QED) is 0.623. The predicted molar refractivity (Wildman–Crippen MR) is 126 cm³/mol. The van der Waals surface area contributed by atoms with Crippen LogP contribution in [0.25, 0.3) is 0 Å². The molecular weight excluding hydrogens is 428 g/mol. The maximum Gasteiger partial charge on any atom is 0.255 e. The van der Waals surface area contributed by atoms with Gasteiger partial charge in [0.05, 0.1) is 6.42 Å². The van der Waals surface area contributed by atoms with E-state index in [0.717, 1.165) is 19.5 Å². The largest absolute Gasteiger partial charge is 0.350 e. The summed E-state index contributed by atoms with van der Waals surface area (Å²) in [5.74, 6) is -0.609. The Morgan fingerprint density at radius 3 is 2.56 bits per heavy atom. The predicted octanol–water partition coefficient (Wildman–Crippen LogP) is 3.09. The third-order valence-electron chi connectivity index (χ3n) is 5.16. The number of amides is 3. The SMILES string of the molecule is CC(C)NC(=O)c1ccc(CC(=O)N2CCCNCC2)c(NC(=O)c2cccc(Cl)c2)c1. The van der Waals surface area contributed by atoms with E-state index in [1.54, 1.807) is 42.5 Å². The molecule has 3 N–H and O–H groups in total. The van der Waals surface area contributed by atoms with Crippen molar-refractivity contribution in [3.63, 3.8) is 0 Å². The van der Waals surface area contributed by atoms with Gasteiger partial charge in [-0.05, 0) is 62.7 Å². The van der Waals surface area contributed by atoms with Gasteiger partial charge in [0.15, 0.2) is 0 Å². The van der Waals surface area contributed by atoms with Crippen molar-refractivity contribution in [2.24, 2.45) is 0 Å². The van der Waals surface area contributed by atoms with E-state index >= 15 is 0 Å². The number of hydrogen-bond acceptors (Lipinski definition) is 4. The van der Waals surface area contributed by atoms with Gasteiger partial charge in [-0.3, -0.25) is 14.4 Å². The second-order valence-electron chi connectivity index (χ2n) is 8.13. The van der Waals surface area contributed by atoms with Gasteiger partial charge in [0.25, 0.3) is 11.8 Å². The molecule has 0 atom stereocenters. The molecule has 3 amide bonds. The average Bonchev–Trinajstić information content (AvgIpc) is 3.04. The smallest absolute Gasteiger partial charge is 0.255 e. The first-order valence-electron chi connectivity index (χ1n) is 10.8. The second kappa shape index (κ2) is 11.1. The van der Waals surface area contributed by atoms with Crippen molar-refractivity contribution >= 4 is 35.0 Å². The summed E-state index contributed by atoms with van der Waals surface area (Å²) >= 11 is 6.02. The number of hydrogen-bond donors (Lipinski definition) is 3. The van der Waals surface area contributed by atoms with E-state index in [9.17, 15) is 14.4 Å². The van der Waals surface area contributed by atoms with E-state index in [2.05, 4.69) is 16.0 Å². The third-order valence-corrected chi connectivity index (χ3v) is 5.40. The molecule has 0 bridgehead atoms. The van der Waals surface area contributed by atoms with Crippen molar-refractivity contribution in [1.82, 2.24) is 15.5 Å². The van der Waals surface area contributed by atoms with Crippen LogP contribution in [0, 0.1) is 0 Å². The molecule has 1 aliphatic rings. The van der Waals surface area contributed by atoms with Crippen LogP contribution in [0.5, 0.6) is 0 Å². The Balaban J connectivity index is 1.86. The van der Waals surface area contributed by atoms with E-state index in [4.69, 9.17) is 11.6 Å². The van der Waals surface area contributed by atoms with Crippen molar-refractivity contribution in [2.75, 3.05) is 31.5 Å². The van der Waals surface area contributed by atoms with Crippen LogP contribution in [0.1, 0.15) is 46.5 Å². The maximum absolute atomic E-state index is 12.9. The van der Waals surface area contributed by atoms with E-state index in [-0.39, 0.29) is 30.2 Å². The molecule has 3 rings (SSSR count). The molecule has 1 fully saturated rings. The van der Waals surface area contributed by atoms with Gasteiger partial charge in [0, 0.05) is 47.5 Å². The van der Waals surface area contributed by atoms with Crippen LogP contribution in [0.4, 0.5) is 5.69 Å². The van der Waals surface area contributed by atoms with Crippen LogP contribution >= 0.6 is 11.6 Å². The number of benzene rings is 2. The minimum Gasteiger partial charge on any atom is -0.350 e. The molecule has 2 aromatic rings. The Morgan fingerprint density at radius 2 is 1.81 bits per heavy atom. The van der Waals surface area contributed by atoms with Crippen molar-refractivity contribution in [3.8, 4) is 0 Å². The van der Waals surface area contributed by atoms with Crippen molar-refractivity contribution in [1.29, 1.82) is 0 Å². The van der Waals surface area contributed by atoms with Gasteiger partial charge in [-0.2, -0.15) is 0 Å². The summed E-state index contributed by atoms with van der Waals surface area (Å²) < 4.78 is 0. The molecule has 1 aliphatic heterocycles. The zero-order valence-corrected chi connectivity index (χ0v) is 19.2. The molecule has 0 radical (unpaired) electrons. The van der Waals surface area contributed by atoms with E-state index in [1.807, 2.05) is 18.7 Å². The van der Waals surface area contributed by atoms with Crippen molar-refractivity contribution in [3.05, 3.63) is 64.2 Å². The van der Waals surface area contributed by atoms with Crippen LogP contribution in [-0.2, 0) is 11.2 Å². The lowest BCUT2D eigenvalue weighted by molar-refractivity contribution is -0.130. The number of halogens is 1. The molecule has 1 heterocycles. The summed E-state index contributed by atoms with van der Waals surface area (Å²) in [6, 6.07) is 11.6. The number of carbonyl (C=O) groups excluding carboxylic acids is 3. The van der Waals surface area contributed by atoms with Gasteiger partial charge < -0.3 is 20.9 Å². The van der Waals surface area contributed by atoms with E-state index in [0.29, 0.717) is 40.5 Å². The van der Waals surface area contributed by atoms with Crippen LogP contribution < -0.4 is 16.0 Å². The van der Waals surface area contributed by atoms with Crippen molar-refractivity contribution < 1.29 is 14.4 Å². The summed E-state index contributed by atoms with van der Waals surface area (Å²) in [5, 5.41) is 9.45. The molecule has 0 aliphatic carbocycles. The van der Waals surface area contributed by atoms with Crippen LogP contribution in [0.15, 0.2) is 42.5 Å². The first-order chi connectivity index (χ1) is 15.3. The first kappa shape index (κ1) is 23.8. The molecule has 2 aromatic carbocycles. The zero-order chi connectivity index (χ0) is 23.1. The number of carbonyl (C=O) groups is 3. The van der Waals surface area contributed by atoms with Gasteiger partial charge >= 0.3 is 0 Å². The zero-order valence-electron chi connectivity index (χ0n) is 18.4. The topological polar surface area (TPSA) is 90.5 Å². The molecule has 7 nitrogen and oxygen atoms in total. The summed E-state index contributed by atoms with van der Waals surface area (Å²) in [7, 11) is 0. The molecule has 0 unspecified atom stereocenters. The third kappa shape index (κ3) is 6.55. The Hall–Kier alpha value is -2.90. The summed E-state index contributed by atoms with van der Waals surface area (Å²) in [4.78, 5) is 40.1. The lowest BCUT2D eigenvalue weighted by Gasteiger charge is -2.21. The van der Waals surface area contributed by atoms with Crippen LogP contribution in [0.2, 0.25) is 5.02 Å². The molecule has 0 aromatic heterocycles. The van der Waals surface area contributed by atoms with Crippen molar-refractivity contribution in [2.45, 2.75) is 32.7 Å². The normalized spacial score (nSPS) is 14.1. The molecule has 0 saturated carbocycles. The fourth-order valence-electron chi connectivity index (χ4n) is 3.53. The number of rotatable bonds is 6. The summed E-state index contributed by atoms with van der Waals surface area (Å²) in [6.45, 7) is 6.76. The lowest BCUT2D eigenvalue weighted by Crippen LogP contribution is -2.35. The highest BCUT2D eigenvalue weighted by Gasteiger charge is 2.19. The molecule has 0 spiro atoms. The standard InChI is InChI=1S/C24H29ClN4O3/c1-16(2)27-23(31)19-8-7-17(15-22(30)29-11-4-9-26-10-12-29)21(14-19)28-24(32)18-5-3-6-20(25)13-18/h3,5-8,13-14,16,26H,4,9-12,15H2,1-2H3,(H,27,31)(H,28,32). The molecule has 1 saturated heterocycles. The van der Waals surface area contributed by atoms with Gasteiger partial charge in [-0.25, -0.2) is 0 Å². The van der Waals surface area contributed by atoms with Gasteiger partial charge in [-0.1, -0.05) is 23.7 Å². The molecule has 170 valence electrons. The summed E-state index contributed by atoms with van der Waals surface area (Å²) in [6.07, 6.45) is 1.04. The highest BCUT2D eigenvalue weighted by Crippen LogP contribution is 2.22. The van der Waals surface area contributed by atoms with E-state index in [1.165, 1.54) is 0 Å². The lowest BCUT2D eigenvalue weighted by atomic mass is 10.0. The van der Waals surface area contributed by atoms with E-state index < -0.39 is 0 Å². The molecule has 8 heteroatoms. The van der Waals surface area contributed by atoms with Crippen LogP contribution in [0.3, 0.4) is 0 Å². The fraction of sp³-hybridized carbons (Fsp3) is 0.375. The number of nitrogens with zero attached hydrogens (tertiary/aromatic N) is 1. The summed E-state index contributed by atoms with van der Waals surface area (Å²) in [5.41, 5.74) is 1.90. The minimum atomic E-state index is -0.360. The fourth-order valence-corrected chi connectivity index (χ4v) is 3.72. The van der Waals surface area contributed by atoms with Crippen LogP contribution in [-0.4, -0.2) is 54.8 Å². The first-order valence-corrected chi connectivity index (χ1v) is 11.2. The highest BCUT2D eigenvalue weighted by atomic mass is 35.5. The Morgan fingerprint density at radius 1 is 1.03 bits per heavy atom. The average molecular weight is 457 g/mol. The second-order valence-corrected chi connectivity index (χ2v) is 8.56. The van der Waals surface area contributed by atoms with Gasteiger partial charge in [-0.15, -0.1) is 0 Å². The Bertz CT molecular complexity index is 985. The van der Waals surface area contributed by atoms with Gasteiger partial charge in [0.1, 0.15) is 0 Å². The Kier molecular flexibility index (Phi) is 8.25. The number of nitrogens with one attached hydrogen (secondary N) is 3. The monoisotopic (exact) mass is 456 g/mol.